The number of ether oxygens (including phenoxy) is 1. The Balaban J connectivity index is 1.32. The Bertz CT molecular complexity index is 808. The van der Waals surface area contributed by atoms with Crippen molar-refractivity contribution in [3.63, 3.8) is 0 Å². The van der Waals surface area contributed by atoms with Gasteiger partial charge in [-0.25, -0.2) is 0 Å². The van der Waals surface area contributed by atoms with Crippen molar-refractivity contribution in [1.29, 1.82) is 0 Å². The average Bonchev–Trinajstić information content (AvgIpc) is 3.58. The van der Waals surface area contributed by atoms with Crippen molar-refractivity contribution in [2.75, 3.05) is 6.61 Å². The largest absolute Gasteiger partial charge is 0.363 e. The van der Waals surface area contributed by atoms with E-state index in [4.69, 9.17) is 4.74 Å². The lowest BCUT2D eigenvalue weighted by Gasteiger charge is -2.25. The fourth-order valence-electron chi connectivity index (χ4n) is 3.68. The third-order valence-corrected chi connectivity index (χ3v) is 5.30. The van der Waals surface area contributed by atoms with Gasteiger partial charge in [0, 0.05) is 12.0 Å². The molecule has 130 valence electrons. The average molecular weight is 338 g/mol. The molecule has 1 N–H and O–H groups in total. The van der Waals surface area contributed by atoms with Crippen LogP contribution in [0.1, 0.15) is 66.5 Å². The van der Waals surface area contributed by atoms with Crippen LogP contribution in [0.2, 0.25) is 0 Å². The Hall–Kier alpha value is -2.21. The number of aromatic nitrogens is 3. The summed E-state index contributed by atoms with van der Waals surface area (Å²) in [6.07, 6.45) is 5.15. The van der Waals surface area contributed by atoms with Crippen molar-refractivity contribution in [2.45, 2.75) is 56.7 Å². The lowest BCUT2D eigenvalue weighted by molar-refractivity contribution is -0.134. The molecule has 2 fully saturated rings. The number of benzene rings is 1. The van der Waals surface area contributed by atoms with E-state index in [0.717, 1.165) is 23.6 Å². The number of nitrogens with one attached hydrogen (secondary N) is 1. The first-order valence-corrected chi connectivity index (χ1v) is 9.22. The SMILES string of the molecule is O=C(NCc1nnc(C2CC2)n1C1CC1)[C@@H]1OCCc2ccccc21. The molecule has 2 aliphatic carbocycles. The first kappa shape index (κ1) is 15.1. The van der Waals surface area contributed by atoms with E-state index in [1.807, 2.05) is 18.2 Å². The number of rotatable bonds is 5. The molecule has 0 radical (unpaired) electrons. The number of hydrogen-bond acceptors (Lipinski definition) is 4. The molecule has 2 aromatic rings. The fourth-order valence-corrected chi connectivity index (χ4v) is 3.68. The van der Waals surface area contributed by atoms with Gasteiger partial charge in [-0.15, -0.1) is 10.2 Å². The summed E-state index contributed by atoms with van der Waals surface area (Å²) in [5.41, 5.74) is 2.18. The molecule has 6 nitrogen and oxygen atoms in total. The van der Waals surface area contributed by atoms with E-state index >= 15 is 0 Å². The van der Waals surface area contributed by atoms with Gasteiger partial charge < -0.3 is 14.6 Å². The molecule has 3 aliphatic rings. The zero-order valence-corrected chi connectivity index (χ0v) is 14.1. The summed E-state index contributed by atoms with van der Waals surface area (Å²) in [5, 5.41) is 11.8. The molecule has 5 rings (SSSR count). The summed E-state index contributed by atoms with van der Waals surface area (Å²) < 4.78 is 8.01. The van der Waals surface area contributed by atoms with Crippen LogP contribution in [0.5, 0.6) is 0 Å². The minimum Gasteiger partial charge on any atom is -0.363 e. The Morgan fingerprint density at radius 2 is 2.04 bits per heavy atom. The topological polar surface area (TPSA) is 69.0 Å². The van der Waals surface area contributed by atoms with Crippen LogP contribution in [-0.4, -0.2) is 27.3 Å². The van der Waals surface area contributed by atoms with Crippen molar-refractivity contribution in [2.24, 2.45) is 0 Å². The van der Waals surface area contributed by atoms with E-state index in [1.165, 1.54) is 31.2 Å². The van der Waals surface area contributed by atoms with E-state index in [-0.39, 0.29) is 5.91 Å². The smallest absolute Gasteiger partial charge is 0.254 e. The Labute approximate surface area is 146 Å². The Kier molecular flexibility index (Phi) is 3.59. The maximum Gasteiger partial charge on any atom is 0.254 e. The monoisotopic (exact) mass is 338 g/mol. The molecule has 2 saturated carbocycles. The summed E-state index contributed by atoms with van der Waals surface area (Å²) in [7, 11) is 0. The standard InChI is InChI=1S/C19H22N4O2/c24-19(17-15-4-2-1-3-12(15)9-10-25-17)20-11-16-21-22-18(13-5-6-13)23(16)14-7-8-14/h1-4,13-14,17H,5-11H2,(H,20,24)/t17-/m1/s1. The normalized spacial score (nSPS) is 22.5. The van der Waals surface area contributed by atoms with Crippen molar-refractivity contribution in [1.82, 2.24) is 20.1 Å². The van der Waals surface area contributed by atoms with Gasteiger partial charge in [-0.3, -0.25) is 4.79 Å². The quantitative estimate of drug-likeness (QED) is 0.909. The maximum absolute atomic E-state index is 12.7. The number of amides is 1. The second kappa shape index (κ2) is 5.95. The van der Waals surface area contributed by atoms with Gasteiger partial charge in [0.2, 0.25) is 0 Å². The van der Waals surface area contributed by atoms with E-state index in [0.29, 0.717) is 25.1 Å². The number of hydrogen-bond donors (Lipinski definition) is 1. The number of carbonyl (C=O) groups excluding carboxylic acids is 1. The molecule has 1 atom stereocenters. The van der Waals surface area contributed by atoms with Crippen LogP contribution in [0.4, 0.5) is 0 Å². The number of fused-ring (bicyclic) bond motifs is 1. The zero-order chi connectivity index (χ0) is 16.8. The summed E-state index contributed by atoms with van der Waals surface area (Å²) in [6.45, 7) is 0.996. The molecule has 0 bridgehead atoms. The predicted molar refractivity (Wildman–Crippen MR) is 91.0 cm³/mol. The van der Waals surface area contributed by atoms with E-state index in [9.17, 15) is 4.79 Å². The van der Waals surface area contributed by atoms with E-state index in [2.05, 4.69) is 26.1 Å². The van der Waals surface area contributed by atoms with Gasteiger partial charge >= 0.3 is 0 Å². The van der Waals surface area contributed by atoms with Crippen molar-refractivity contribution < 1.29 is 9.53 Å². The summed E-state index contributed by atoms with van der Waals surface area (Å²) >= 11 is 0. The van der Waals surface area contributed by atoms with Crippen molar-refractivity contribution in [3.8, 4) is 0 Å². The molecule has 25 heavy (non-hydrogen) atoms. The van der Waals surface area contributed by atoms with Crippen LogP contribution in [0, 0.1) is 0 Å². The third kappa shape index (κ3) is 2.84. The zero-order valence-electron chi connectivity index (χ0n) is 14.1. The highest BCUT2D eigenvalue weighted by Gasteiger charge is 2.36. The van der Waals surface area contributed by atoms with Gasteiger partial charge in [-0.05, 0) is 43.2 Å². The molecule has 1 amide bonds. The minimum atomic E-state index is -0.523. The molecule has 0 spiro atoms. The second-order valence-electron chi connectivity index (χ2n) is 7.27. The molecular formula is C19H22N4O2. The van der Waals surface area contributed by atoms with Crippen LogP contribution >= 0.6 is 0 Å². The van der Waals surface area contributed by atoms with Crippen LogP contribution < -0.4 is 5.32 Å². The van der Waals surface area contributed by atoms with E-state index in [1.54, 1.807) is 0 Å². The molecular weight excluding hydrogens is 316 g/mol. The lowest BCUT2D eigenvalue weighted by atomic mass is 9.97. The summed E-state index contributed by atoms with van der Waals surface area (Å²) in [6, 6.07) is 8.56. The van der Waals surface area contributed by atoms with Crippen molar-refractivity contribution >= 4 is 5.91 Å². The summed E-state index contributed by atoms with van der Waals surface area (Å²) in [5.74, 6) is 2.48. The highest BCUT2D eigenvalue weighted by atomic mass is 16.5. The fraction of sp³-hybridized carbons (Fsp3) is 0.526. The first-order chi connectivity index (χ1) is 12.3. The van der Waals surface area contributed by atoms with E-state index < -0.39 is 6.10 Å². The molecule has 0 unspecified atom stereocenters. The van der Waals surface area contributed by atoms with Gasteiger partial charge in [0.15, 0.2) is 11.9 Å². The van der Waals surface area contributed by atoms with Gasteiger partial charge in [0.25, 0.3) is 5.91 Å². The molecule has 1 aromatic heterocycles. The highest BCUT2D eigenvalue weighted by molar-refractivity contribution is 5.82. The Morgan fingerprint density at radius 1 is 1.20 bits per heavy atom. The number of nitrogens with zero attached hydrogens (tertiary/aromatic N) is 3. The maximum atomic E-state index is 12.7. The molecule has 6 heteroatoms. The van der Waals surface area contributed by atoms with Crippen LogP contribution in [-0.2, 0) is 22.5 Å². The molecule has 1 aliphatic heterocycles. The predicted octanol–water partition coefficient (Wildman–Crippen LogP) is 2.42. The second-order valence-corrected chi connectivity index (χ2v) is 7.27. The summed E-state index contributed by atoms with van der Waals surface area (Å²) in [4.78, 5) is 12.7. The van der Waals surface area contributed by atoms with Gasteiger partial charge in [0.1, 0.15) is 5.82 Å². The van der Waals surface area contributed by atoms with Crippen LogP contribution in [0.25, 0.3) is 0 Å². The molecule has 2 heterocycles. The third-order valence-electron chi connectivity index (χ3n) is 5.30. The first-order valence-electron chi connectivity index (χ1n) is 9.22. The van der Waals surface area contributed by atoms with Crippen molar-refractivity contribution in [3.05, 3.63) is 47.0 Å². The van der Waals surface area contributed by atoms with Gasteiger partial charge in [-0.2, -0.15) is 0 Å². The lowest BCUT2D eigenvalue weighted by Crippen LogP contribution is -2.34. The van der Waals surface area contributed by atoms with Crippen LogP contribution in [0.3, 0.4) is 0 Å². The molecule has 0 saturated heterocycles. The highest BCUT2D eigenvalue weighted by Crippen LogP contribution is 2.44. The minimum absolute atomic E-state index is 0.0922. The van der Waals surface area contributed by atoms with Gasteiger partial charge in [0.05, 0.1) is 13.2 Å². The van der Waals surface area contributed by atoms with Gasteiger partial charge in [-0.1, -0.05) is 24.3 Å². The molecule has 1 aromatic carbocycles. The number of carbonyl (C=O) groups is 1. The van der Waals surface area contributed by atoms with Crippen LogP contribution in [0.15, 0.2) is 24.3 Å². The Morgan fingerprint density at radius 3 is 2.84 bits per heavy atom.